The second kappa shape index (κ2) is 4.59. The number of aliphatic carboxylic acids is 1. The molecule has 0 spiro atoms. The molecule has 90 valence electrons. The summed E-state index contributed by atoms with van der Waals surface area (Å²) in [6, 6.07) is 7.05. The third-order valence-electron chi connectivity index (χ3n) is 2.99. The second-order valence-electron chi connectivity index (χ2n) is 3.98. The first kappa shape index (κ1) is 11.7. The summed E-state index contributed by atoms with van der Waals surface area (Å²) in [5, 5.41) is 18.9. The smallest absolute Gasteiger partial charge is 0.331 e. The van der Waals surface area contributed by atoms with Gasteiger partial charge in [0.2, 0.25) is 0 Å². The Kier molecular flexibility index (Phi) is 3.15. The zero-order valence-electron chi connectivity index (χ0n) is 9.51. The lowest BCUT2D eigenvalue weighted by atomic mass is 10.0. The fourth-order valence-corrected chi connectivity index (χ4v) is 2.12. The molecule has 0 saturated carbocycles. The van der Waals surface area contributed by atoms with E-state index in [4.69, 9.17) is 9.84 Å². The van der Waals surface area contributed by atoms with Crippen molar-refractivity contribution in [3.05, 3.63) is 35.4 Å². The summed E-state index contributed by atoms with van der Waals surface area (Å²) in [5.74, 6) is -0.244. The monoisotopic (exact) mass is 234 g/mol. The normalized spacial score (nSPS) is 19.5. The van der Waals surface area contributed by atoms with Crippen molar-refractivity contribution >= 4 is 11.5 Å². The largest absolute Gasteiger partial charge is 0.497 e. The average Bonchev–Trinajstić information content (AvgIpc) is 2.71. The Balaban J connectivity index is 2.42. The van der Waals surface area contributed by atoms with Crippen LogP contribution >= 0.6 is 0 Å². The first-order chi connectivity index (χ1) is 8.13. The molecule has 0 fully saturated rings. The highest BCUT2D eigenvalue weighted by molar-refractivity contribution is 5.98. The number of aliphatic hydroxyl groups excluding tert-OH is 1. The molecule has 0 amide bonds. The van der Waals surface area contributed by atoms with E-state index in [0.29, 0.717) is 29.7 Å². The highest BCUT2D eigenvalue weighted by Gasteiger charge is 2.28. The standard InChI is InChI=1S/C13H14O4/c1-17-9-4-2-8(3-5-9)12-10(13(15)16)6-7-11(12)14/h2-5,11,14H,6-7H2,1H3,(H,15,16). The SMILES string of the molecule is COc1ccc(C2=C(C(=O)O)CCC2O)cc1. The molecule has 17 heavy (non-hydrogen) atoms. The third-order valence-corrected chi connectivity index (χ3v) is 2.99. The number of carboxylic acid groups (broad SMARTS) is 1. The minimum absolute atomic E-state index is 0.308. The maximum atomic E-state index is 11.1. The first-order valence-corrected chi connectivity index (χ1v) is 5.42. The van der Waals surface area contributed by atoms with E-state index in [1.54, 1.807) is 31.4 Å². The highest BCUT2D eigenvalue weighted by atomic mass is 16.5. The van der Waals surface area contributed by atoms with Crippen LogP contribution in [0, 0.1) is 0 Å². The number of carboxylic acids is 1. The molecular formula is C13H14O4. The van der Waals surface area contributed by atoms with Crippen LogP contribution in [0.15, 0.2) is 29.8 Å². The number of methoxy groups -OCH3 is 1. The molecule has 0 saturated heterocycles. The van der Waals surface area contributed by atoms with E-state index in [2.05, 4.69) is 0 Å². The number of ether oxygens (including phenoxy) is 1. The zero-order valence-corrected chi connectivity index (χ0v) is 9.51. The van der Waals surface area contributed by atoms with E-state index in [1.807, 2.05) is 0 Å². The van der Waals surface area contributed by atoms with Crippen molar-refractivity contribution in [1.29, 1.82) is 0 Å². The number of benzene rings is 1. The summed E-state index contributed by atoms with van der Waals surface area (Å²) < 4.78 is 5.04. The molecule has 1 aromatic rings. The van der Waals surface area contributed by atoms with Crippen LogP contribution in [0.3, 0.4) is 0 Å². The minimum Gasteiger partial charge on any atom is -0.497 e. The Morgan fingerprint density at radius 2 is 2.00 bits per heavy atom. The molecule has 0 radical (unpaired) electrons. The lowest BCUT2D eigenvalue weighted by molar-refractivity contribution is -0.132. The minimum atomic E-state index is -0.952. The number of carbonyl (C=O) groups is 1. The molecule has 2 rings (SSSR count). The molecule has 0 aromatic heterocycles. The second-order valence-corrected chi connectivity index (χ2v) is 3.98. The van der Waals surface area contributed by atoms with Gasteiger partial charge in [-0.1, -0.05) is 12.1 Å². The van der Waals surface area contributed by atoms with Gasteiger partial charge in [0, 0.05) is 5.57 Å². The molecule has 0 bridgehead atoms. The molecule has 0 heterocycles. The molecule has 1 aliphatic carbocycles. The van der Waals surface area contributed by atoms with Crippen molar-refractivity contribution < 1.29 is 19.7 Å². The number of aliphatic hydroxyl groups is 1. The molecule has 1 aliphatic rings. The van der Waals surface area contributed by atoms with Crippen molar-refractivity contribution in [3.63, 3.8) is 0 Å². The van der Waals surface area contributed by atoms with Crippen LogP contribution < -0.4 is 4.74 Å². The highest BCUT2D eigenvalue weighted by Crippen LogP contribution is 2.34. The molecular weight excluding hydrogens is 220 g/mol. The predicted octanol–water partition coefficient (Wildman–Crippen LogP) is 1.69. The van der Waals surface area contributed by atoms with Gasteiger partial charge in [0.25, 0.3) is 0 Å². The quantitative estimate of drug-likeness (QED) is 0.835. The predicted molar refractivity (Wildman–Crippen MR) is 62.8 cm³/mol. The molecule has 0 aliphatic heterocycles. The van der Waals surface area contributed by atoms with Gasteiger partial charge in [-0.2, -0.15) is 0 Å². The van der Waals surface area contributed by atoms with Gasteiger partial charge in [0.05, 0.1) is 13.2 Å². The molecule has 2 N–H and O–H groups in total. The summed E-state index contributed by atoms with van der Waals surface area (Å²) >= 11 is 0. The Morgan fingerprint density at radius 3 is 2.53 bits per heavy atom. The summed E-state index contributed by atoms with van der Waals surface area (Å²) in [6.45, 7) is 0. The number of rotatable bonds is 3. The van der Waals surface area contributed by atoms with Gasteiger partial charge in [-0.25, -0.2) is 4.79 Å². The van der Waals surface area contributed by atoms with Crippen LogP contribution in [-0.2, 0) is 4.79 Å². The summed E-state index contributed by atoms with van der Waals surface area (Å²) in [7, 11) is 1.57. The maximum absolute atomic E-state index is 11.1. The third kappa shape index (κ3) is 2.17. The van der Waals surface area contributed by atoms with E-state index < -0.39 is 12.1 Å². The fourth-order valence-electron chi connectivity index (χ4n) is 2.12. The lowest BCUT2D eigenvalue weighted by Gasteiger charge is -2.10. The van der Waals surface area contributed by atoms with Crippen LogP contribution in [0.2, 0.25) is 0 Å². The van der Waals surface area contributed by atoms with Gasteiger partial charge >= 0.3 is 5.97 Å². The van der Waals surface area contributed by atoms with E-state index in [9.17, 15) is 9.90 Å². The van der Waals surface area contributed by atoms with Crippen molar-refractivity contribution in [1.82, 2.24) is 0 Å². The Labute approximate surface area is 99.2 Å². The molecule has 4 heteroatoms. The maximum Gasteiger partial charge on any atom is 0.331 e. The van der Waals surface area contributed by atoms with Crippen molar-refractivity contribution in [2.45, 2.75) is 18.9 Å². The average molecular weight is 234 g/mol. The van der Waals surface area contributed by atoms with Gasteiger partial charge in [-0.05, 0) is 36.1 Å². The molecule has 1 unspecified atom stereocenters. The van der Waals surface area contributed by atoms with Crippen LogP contribution in [0.4, 0.5) is 0 Å². The topological polar surface area (TPSA) is 66.8 Å². The van der Waals surface area contributed by atoms with Crippen molar-refractivity contribution in [2.75, 3.05) is 7.11 Å². The fraction of sp³-hybridized carbons (Fsp3) is 0.308. The van der Waals surface area contributed by atoms with Gasteiger partial charge in [0.1, 0.15) is 5.75 Å². The molecule has 4 nitrogen and oxygen atoms in total. The number of hydrogen-bond acceptors (Lipinski definition) is 3. The Bertz CT molecular complexity index is 459. The van der Waals surface area contributed by atoms with E-state index in [-0.39, 0.29) is 0 Å². The summed E-state index contributed by atoms with van der Waals surface area (Å²) in [6.07, 6.45) is 0.204. The first-order valence-electron chi connectivity index (χ1n) is 5.42. The summed E-state index contributed by atoms with van der Waals surface area (Å²) in [4.78, 5) is 11.1. The van der Waals surface area contributed by atoms with Gasteiger partial charge in [-0.15, -0.1) is 0 Å². The van der Waals surface area contributed by atoms with E-state index in [0.717, 1.165) is 5.56 Å². The van der Waals surface area contributed by atoms with Crippen LogP contribution in [0.25, 0.3) is 5.57 Å². The van der Waals surface area contributed by atoms with Crippen LogP contribution in [0.5, 0.6) is 5.75 Å². The van der Waals surface area contributed by atoms with Crippen LogP contribution in [-0.4, -0.2) is 29.4 Å². The van der Waals surface area contributed by atoms with Crippen molar-refractivity contribution in [2.24, 2.45) is 0 Å². The zero-order chi connectivity index (χ0) is 12.4. The summed E-state index contributed by atoms with van der Waals surface area (Å²) in [5.41, 5.74) is 1.58. The molecule has 1 aromatic carbocycles. The van der Waals surface area contributed by atoms with Crippen LogP contribution in [0.1, 0.15) is 18.4 Å². The van der Waals surface area contributed by atoms with Gasteiger partial charge < -0.3 is 14.9 Å². The Morgan fingerprint density at radius 1 is 1.35 bits per heavy atom. The van der Waals surface area contributed by atoms with Gasteiger partial charge in [-0.3, -0.25) is 0 Å². The number of hydrogen-bond donors (Lipinski definition) is 2. The van der Waals surface area contributed by atoms with E-state index >= 15 is 0 Å². The Hall–Kier alpha value is -1.81. The lowest BCUT2D eigenvalue weighted by Crippen LogP contribution is -2.06. The van der Waals surface area contributed by atoms with E-state index in [1.165, 1.54) is 0 Å². The van der Waals surface area contributed by atoms with Gasteiger partial charge in [0.15, 0.2) is 0 Å². The van der Waals surface area contributed by atoms with Crippen molar-refractivity contribution in [3.8, 4) is 5.75 Å². The molecule has 1 atom stereocenters.